The van der Waals surface area contributed by atoms with E-state index in [-0.39, 0.29) is 0 Å². The fourth-order valence-electron chi connectivity index (χ4n) is 2.67. The van der Waals surface area contributed by atoms with Crippen LogP contribution in [0, 0.1) is 5.92 Å². The predicted octanol–water partition coefficient (Wildman–Crippen LogP) is 0.145. The zero-order chi connectivity index (χ0) is 12.1. The first-order valence-corrected chi connectivity index (χ1v) is 6.86. The molecule has 0 unspecified atom stereocenters. The number of hydrogen-bond donors (Lipinski definition) is 0. The summed E-state index contributed by atoms with van der Waals surface area (Å²) in [6, 6.07) is 0. The molecule has 0 aromatic carbocycles. The molecule has 2 saturated heterocycles. The second-order valence-electron chi connectivity index (χ2n) is 5.46. The van der Waals surface area contributed by atoms with Gasteiger partial charge in [0.2, 0.25) is 0 Å². The summed E-state index contributed by atoms with van der Waals surface area (Å²) in [6.45, 7) is 9.41. The highest BCUT2D eigenvalue weighted by molar-refractivity contribution is 5.53. The number of piperidine rings is 1. The fraction of sp³-hybridized carbons (Fsp3) is 0.923. The van der Waals surface area contributed by atoms with Gasteiger partial charge in [-0.25, -0.2) is 0 Å². The first kappa shape index (κ1) is 13.0. The maximum Gasteiger partial charge on any atom is 0.123 e. The summed E-state index contributed by atoms with van der Waals surface area (Å²) < 4.78 is 0. The van der Waals surface area contributed by atoms with E-state index in [0.717, 1.165) is 32.2 Å². The topological polar surface area (TPSA) is 26.8 Å². The van der Waals surface area contributed by atoms with Crippen LogP contribution in [0.4, 0.5) is 0 Å². The third kappa shape index (κ3) is 4.05. The van der Waals surface area contributed by atoms with Crippen LogP contribution in [0.3, 0.4) is 0 Å². The van der Waals surface area contributed by atoms with Gasteiger partial charge in [-0.2, -0.15) is 0 Å². The van der Waals surface area contributed by atoms with Crippen molar-refractivity contribution in [2.45, 2.75) is 12.8 Å². The fourth-order valence-corrected chi connectivity index (χ4v) is 2.67. The lowest BCUT2D eigenvalue weighted by Crippen LogP contribution is -2.47. The van der Waals surface area contributed by atoms with Crippen molar-refractivity contribution < 1.29 is 4.79 Å². The molecule has 0 aliphatic carbocycles. The Balaban J connectivity index is 1.61. The summed E-state index contributed by atoms with van der Waals surface area (Å²) in [5.74, 6) is 0.329. The Morgan fingerprint density at radius 1 is 0.941 bits per heavy atom. The molecule has 2 fully saturated rings. The molecule has 0 spiro atoms. The summed E-state index contributed by atoms with van der Waals surface area (Å²) in [4.78, 5) is 18.1. The first-order chi connectivity index (χ1) is 8.28. The van der Waals surface area contributed by atoms with Crippen LogP contribution in [0.2, 0.25) is 0 Å². The Morgan fingerprint density at radius 2 is 1.47 bits per heavy atom. The summed E-state index contributed by atoms with van der Waals surface area (Å²) in [6.07, 6.45) is 3.26. The maximum absolute atomic E-state index is 10.7. The second-order valence-corrected chi connectivity index (χ2v) is 5.46. The van der Waals surface area contributed by atoms with Crippen molar-refractivity contribution in [2.24, 2.45) is 5.92 Å². The lowest BCUT2D eigenvalue weighted by molar-refractivity contribution is -0.112. The van der Waals surface area contributed by atoms with E-state index in [1.807, 2.05) is 0 Å². The molecule has 0 saturated carbocycles. The van der Waals surface area contributed by atoms with Crippen LogP contribution in [-0.2, 0) is 4.79 Å². The molecule has 4 heteroatoms. The molecular formula is C13H25N3O. The van der Waals surface area contributed by atoms with Crippen LogP contribution in [0.15, 0.2) is 0 Å². The number of carbonyl (C=O) groups excluding carboxylic acids is 1. The molecule has 0 amide bonds. The third-order valence-corrected chi connectivity index (χ3v) is 4.15. The van der Waals surface area contributed by atoms with E-state index in [1.54, 1.807) is 0 Å². The van der Waals surface area contributed by atoms with Gasteiger partial charge in [0.15, 0.2) is 0 Å². The number of carbonyl (C=O) groups is 1. The summed E-state index contributed by atoms with van der Waals surface area (Å²) in [5, 5.41) is 0. The smallest absolute Gasteiger partial charge is 0.123 e. The van der Waals surface area contributed by atoms with Crippen molar-refractivity contribution in [1.29, 1.82) is 0 Å². The lowest BCUT2D eigenvalue weighted by atomic mass is 9.99. The van der Waals surface area contributed by atoms with Gasteiger partial charge in [0.25, 0.3) is 0 Å². The zero-order valence-electron chi connectivity index (χ0n) is 11.0. The van der Waals surface area contributed by atoms with Gasteiger partial charge in [-0.1, -0.05) is 0 Å². The molecule has 4 nitrogen and oxygen atoms in total. The summed E-state index contributed by atoms with van der Waals surface area (Å²) in [5.41, 5.74) is 0. The molecule has 2 heterocycles. The van der Waals surface area contributed by atoms with Gasteiger partial charge in [-0.3, -0.25) is 4.90 Å². The normalized spacial score (nSPS) is 26.2. The van der Waals surface area contributed by atoms with Gasteiger partial charge in [0, 0.05) is 45.2 Å². The minimum atomic E-state index is 0.329. The molecule has 2 aliphatic heterocycles. The van der Waals surface area contributed by atoms with Crippen molar-refractivity contribution in [3.63, 3.8) is 0 Å². The van der Waals surface area contributed by atoms with Crippen molar-refractivity contribution in [3.05, 3.63) is 0 Å². The van der Waals surface area contributed by atoms with Gasteiger partial charge in [0.05, 0.1) is 0 Å². The van der Waals surface area contributed by atoms with Crippen LogP contribution in [0.25, 0.3) is 0 Å². The van der Waals surface area contributed by atoms with Gasteiger partial charge in [-0.05, 0) is 33.0 Å². The predicted molar refractivity (Wildman–Crippen MR) is 69.2 cm³/mol. The molecule has 0 N–H and O–H groups in total. The highest BCUT2D eigenvalue weighted by atomic mass is 16.1. The molecule has 0 aromatic heterocycles. The monoisotopic (exact) mass is 239 g/mol. The van der Waals surface area contributed by atoms with E-state index in [2.05, 4.69) is 21.7 Å². The number of rotatable bonds is 4. The largest absolute Gasteiger partial charge is 0.304 e. The quantitative estimate of drug-likeness (QED) is 0.652. The van der Waals surface area contributed by atoms with E-state index in [4.69, 9.17) is 0 Å². The van der Waals surface area contributed by atoms with E-state index in [9.17, 15) is 4.79 Å². The van der Waals surface area contributed by atoms with Gasteiger partial charge in [-0.15, -0.1) is 0 Å². The molecular weight excluding hydrogens is 214 g/mol. The van der Waals surface area contributed by atoms with Crippen LogP contribution < -0.4 is 0 Å². The molecule has 2 rings (SSSR count). The van der Waals surface area contributed by atoms with Crippen LogP contribution in [-0.4, -0.2) is 80.4 Å². The highest BCUT2D eigenvalue weighted by Crippen LogP contribution is 2.14. The number of piperazine rings is 1. The van der Waals surface area contributed by atoms with E-state index in [0.29, 0.717) is 5.92 Å². The number of likely N-dealkylation sites (N-methyl/N-ethyl adjacent to an activating group) is 1. The minimum Gasteiger partial charge on any atom is -0.304 e. The van der Waals surface area contributed by atoms with Gasteiger partial charge >= 0.3 is 0 Å². The zero-order valence-corrected chi connectivity index (χ0v) is 11.0. The molecule has 0 aromatic rings. The molecule has 2 aliphatic rings. The van der Waals surface area contributed by atoms with E-state index in [1.165, 1.54) is 39.3 Å². The van der Waals surface area contributed by atoms with Crippen molar-refractivity contribution >= 4 is 6.29 Å². The van der Waals surface area contributed by atoms with E-state index < -0.39 is 0 Å². The van der Waals surface area contributed by atoms with Gasteiger partial charge < -0.3 is 14.6 Å². The Bertz CT molecular complexity index is 231. The Labute approximate surface area is 105 Å². The average Bonchev–Trinajstić information content (AvgIpc) is 2.39. The number of nitrogens with zero attached hydrogens (tertiary/aromatic N) is 3. The molecule has 0 atom stereocenters. The standard InChI is InChI=1S/C13H25N3O/c1-14-6-8-16(9-7-14)11-10-15-4-2-13(12-17)3-5-15/h12-13H,2-11H2,1H3. The summed E-state index contributed by atoms with van der Waals surface area (Å²) in [7, 11) is 2.20. The maximum atomic E-state index is 10.7. The average molecular weight is 239 g/mol. The van der Waals surface area contributed by atoms with Crippen LogP contribution >= 0.6 is 0 Å². The number of hydrogen-bond acceptors (Lipinski definition) is 4. The third-order valence-electron chi connectivity index (χ3n) is 4.15. The SMILES string of the molecule is CN1CCN(CCN2CCC(C=O)CC2)CC1. The van der Waals surface area contributed by atoms with Gasteiger partial charge in [0.1, 0.15) is 6.29 Å². The first-order valence-electron chi connectivity index (χ1n) is 6.86. The summed E-state index contributed by atoms with van der Waals surface area (Å²) >= 11 is 0. The Kier molecular flexibility index (Phi) is 4.95. The van der Waals surface area contributed by atoms with Crippen molar-refractivity contribution in [3.8, 4) is 0 Å². The van der Waals surface area contributed by atoms with Crippen LogP contribution in [0.5, 0.6) is 0 Å². The molecule has 0 radical (unpaired) electrons. The Hall–Kier alpha value is -0.450. The highest BCUT2D eigenvalue weighted by Gasteiger charge is 2.19. The Morgan fingerprint density at radius 3 is 2.00 bits per heavy atom. The number of aldehydes is 1. The number of likely N-dealkylation sites (tertiary alicyclic amines) is 1. The van der Waals surface area contributed by atoms with Crippen molar-refractivity contribution in [1.82, 2.24) is 14.7 Å². The van der Waals surface area contributed by atoms with Crippen molar-refractivity contribution in [2.75, 3.05) is 59.4 Å². The van der Waals surface area contributed by atoms with Crippen LogP contribution in [0.1, 0.15) is 12.8 Å². The van der Waals surface area contributed by atoms with E-state index >= 15 is 0 Å². The molecule has 0 bridgehead atoms. The second kappa shape index (κ2) is 6.47. The lowest BCUT2D eigenvalue weighted by Gasteiger charge is -2.35. The minimum absolute atomic E-state index is 0.329. The molecule has 98 valence electrons. The molecule has 17 heavy (non-hydrogen) atoms.